The highest BCUT2D eigenvalue weighted by Gasteiger charge is 2.36. The van der Waals surface area contributed by atoms with Crippen molar-refractivity contribution in [3.8, 4) is 0 Å². The van der Waals surface area contributed by atoms with Gasteiger partial charge in [0.25, 0.3) is 16.8 Å². The van der Waals surface area contributed by atoms with Crippen molar-refractivity contribution >= 4 is 69.6 Å². The summed E-state index contributed by atoms with van der Waals surface area (Å²) in [5.74, 6) is -1.14. The zero-order valence-electron chi connectivity index (χ0n) is 19.7. The van der Waals surface area contributed by atoms with E-state index in [9.17, 15) is 24.5 Å². The molecule has 188 valence electrons. The number of thioether (sulfide) groups is 1. The molecule has 0 saturated carbocycles. The number of imide groups is 1. The number of amides is 3. The summed E-state index contributed by atoms with van der Waals surface area (Å²) in [5, 5.41) is 14.4. The van der Waals surface area contributed by atoms with E-state index < -0.39 is 28.5 Å². The predicted molar refractivity (Wildman–Crippen MR) is 146 cm³/mol. The van der Waals surface area contributed by atoms with Gasteiger partial charge in [-0.15, -0.1) is 0 Å². The number of hydrogen-bond donors (Lipinski definition) is 1. The van der Waals surface area contributed by atoms with Gasteiger partial charge in [0.15, 0.2) is 0 Å². The molecule has 37 heavy (non-hydrogen) atoms. The van der Waals surface area contributed by atoms with Crippen LogP contribution < -0.4 is 5.32 Å². The van der Waals surface area contributed by atoms with Crippen LogP contribution in [0.15, 0.2) is 75.4 Å². The first-order chi connectivity index (χ1) is 17.6. The number of anilines is 1. The third-order valence-corrected chi connectivity index (χ3v) is 7.72. The van der Waals surface area contributed by atoms with Crippen LogP contribution in [0.5, 0.6) is 0 Å². The summed E-state index contributed by atoms with van der Waals surface area (Å²) in [6, 6.07) is 16.9. The quantitative estimate of drug-likeness (QED) is 0.197. The Kier molecular flexibility index (Phi) is 8.01. The number of nitro groups is 1. The van der Waals surface area contributed by atoms with Crippen LogP contribution in [0.25, 0.3) is 6.08 Å². The standard InChI is InChI=1S/C26H20ClN3O5S2/c1-15-3-7-19(11-16(15)2)28-24(31)14-29-25(32)23(37-26(29)33)13-17-4-10-22(21(12-17)30(34)35)36-20-8-5-18(27)6-9-20/h3-13H,14H2,1-2H3,(H,28,31)/b23-13-. The fraction of sp³-hybridized carbons (Fsp3) is 0.115. The van der Waals surface area contributed by atoms with Crippen molar-refractivity contribution in [2.45, 2.75) is 23.6 Å². The monoisotopic (exact) mass is 553 g/mol. The minimum atomic E-state index is -0.632. The van der Waals surface area contributed by atoms with E-state index in [1.165, 1.54) is 23.9 Å². The molecule has 0 radical (unpaired) electrons. The van der Waals surface area contributed by atoms with Gasteiger partial charge in [-0.25, -0.2) is 0 Å². The molecule has 8 nitrogen and oxygen atoms in total. The van der Waals surface area contributed by atoms with Crippen LogP contribution in [0.4, 0.5) is 16.2 Å². The van der Waals surface area contributed by atoms with Crippen molar-refractivity contribution in [1.82, 2.24) is 4.90 Å². The van der Waals surface area contributed by atoms with E-state index in [4.69, 9.17) is 11.6 Å². The van der Waals surface area contributed by atoms with E-state index in [0.717, 1.165) is 20.9 Å². The maximum atomic E-state index is 12.8. The van der Waals surface area contributed by atoms with Gasteiger partial charge in [-0.05, 0) is 90.8 Å². The minimum Gasteiger partial charge on any atom is -0.325 e. The first kappa shape index (κ1) is 26.5. The molecular formula is C26H20ClN3O5S2. The lowest BCUT2D eigenvalue weighted by atomic mass is 10.1. The summed E-state index contributed by atoms with van der Waals surface area (Å²) in [5.41, 5.74) is 2.89. The van der Waals surface area contributed by atoms with Gasteiger partial charge in [0.2, 0.25) is 5.91 Å². The first-order valence-corrected chi connectivity index (χ1v) is 13.0. The fourth-order valence-corrected chi connectivity index (χ4v) is 5.30. The molecule has 3 aromatic carbocycles. The Morgan fingerprint density at radius 3 is 2.49 bits per heavy atom. The molecule has 3 aromatic rings. The molecule has 0 unspecified atom stereocenters. The summed E-state index contributed by atoms with van der Waals surface area (Å²) in [7, 11) is 0. The van der Waals surface area contributed by atoms with Gasteiger partial charge in [-0.3, -0.25) is 29.4 Å². The minimum absolute atomic E-state index is 0.0800. The number of nitro benzene ring substituents is 1. The van der Waals surface area contributed by atoms with Gasteiger partial charge >= 0.3 is 0 Å². The Bertz CT molecular complexity index is 1460. The van der Waals surface area contributed by atoms with Crippen LogP contribution in [0.1, 0.15) is 16.7 Å². The van der Waals surface area contributed by atoms with Crippen LogP contribution in [0.3, 0.4) is 0 Å². The number of halogens is 1. The Morgan fingerprint density at radius 2 is 1.81 bits per heavy atom. The molecule has 0 spiro atoms. The molecule has 0 bridgehead atoms. The molecule has 1 saturated heterocycles. The highest BCUT2D eigenvalue weighted by molar-refractivity contribution is 8.18. The second-order valence-electron chi connectivity index (χ2n) is 8.16. The lowest BCUT2D eigenvalue weighted by molar-refractivity contribution is -0.387. The van der Waals surface area contributed by atoms with Gasteiger partial charge in [0, 0.05) is 21.7 Å². The molecule has 0 aromatic heterocycles. The molecular weight excluding hydrogens is 534 g/mol. The maximum Gasteiger partial charge on any atom is 0.294 e. The average molecular weight is 554 g/mol. The number of aryl methyl sites for hydroxylation is 2. The SMILES string of the molecule is Cc1ccc(NC(=O)CN2C(=O)S/C(=C\c3ccc(Sc4ccc(Cl)cc4)c([N+](=O)[O-])c3)C2=O)cc1C. The molecule has 1 fully saturated rings. The topological polar surface area (TPSA) is 110 Å². The van der Waals surface area contributed by atoms with Crippen molar-refractivity contribution in [2.75, 3.05) is 11.9 Å². The van der Waals surface area contributed by atoms with Gasteiger partial charge in [0.05, 0.1) is 14.7 Å². The molecule has 1 aliphatic heterocycles. The third-order valence-electron chi connectivity index (χ3n) is 5.48. The lowest BCUT2D eigenvalue weighted by Crippen LogP contribution is -2.36. The summed E-state index contributed by atoms with van der Waals surface area (Å²) in [4.78, 5) is 51.1. The van der Waals surface area contributed by atoms with Crippen LogP contribution in [-0.4, -0.2) is 33.4 Å². The van der Waals surface area contributed by atoms with E-state index in [-0.39, 0.29) is 10.6 Å². The van der Waals surface area contributed by atoms with Crippen molar-refractivity contribution < 1.29 is 19.3 Å². The second kappa shape index (κ2) is 11.2. The van der Waals surface area contributed by atoms with Crippen molar-refractivity contribution in [1.29, 1.82) is 0 Å². The number of nitrogens with zero attached hydrogens (tertiary/aromatic N) is 2. The summed E-state index contributed by atoms with van der Waals surface area (Å²) >= 11 is 7.80. The van der Waals surface area contributed by atoms with Crippen molar-refractivity contribution in [2.24, 2.45) is 0 Å². The lowest BCUT2D eigenvalue weighted by Gasteiger charge is -2.13. The summed E-state index contributed by atoms with van der Waals surface area (Å²) in [6.45, 7) is 3.43. The number of hydrogen-bond acceptors (Lipinski definition) is 7. The van der Waals surface area contributed by atoms with E-state index in [0.29, 0.717) is 32.9 Å². The van der Waals surface area contributed by atoms with Gasteiger partial charge in [-0.2, -0.15) is 0 Å². The molecule has 3 amide bonds. The molecule has 1 aliphatic rings. The zero-order chi connectivity index (χ0) is 26.7. The summed E-state index contributed by atoms with van der Waals surface area (Å²) < 4.78 is 0. The molecule has 4 rings (SSSR count). The summed E-state index contributed by atoms with van der Waals surface area (Å²) in [6.07, 6.45) is 1.41. The van der Waals surface area contributed by atoms with Crippen LogP contribution in [0, 0.1) is 24.0 Å². The van der Waals surface area contributed by atoms with Crippen LogP contribution in [-0.2, 0) is 9.59 Å². The molecule has 1 heterocycles. The zero-order valence-corrected chi connectivity index (χ0v) is 22.1. The number of rotatable bonds is 7. The van der Waals surface area contributed by atoms with Gasteiger partial charge in [0.1, 0.15) is 6.54 Å². The molecule has 0 aliphatic carbocycles. The average Bonchev–Trinajstić information content (AvgIpc) is 3.10. The van der Waals surface area contributed by atoms with Gasteiger partial charge < -0.3 is 5.32 Å². The normalized spacial score (nSPS) is 14.4. The number of carbonyl (C=O) groups is 3. The number of carbonyl (C=O) groups excluding carboxylic acids is 3. The van der Waals surface area contributed by atoms with E-state index in [2.05, 4.69) is 5.32 Å². The Hall–Kier alpha value is -3.60. The number of benzene rings is 3. The van der Waals surface area contributed by atoms with Crippen molar-refractivity contribution in [3.05, 3.63) is 97.4 Å². The Labute approximate surface area is 226 Å². The maximum absolute atomic E-state index is 12.8. The Balaban J connectivity index is 1.49. The fourth-order valence-electron chi connectivity index (χ4n) is 3.43. The second-order valence-corrected chi connectivity index (χ2v) is 10.7. The molecule has 11 heteroatoms. The smallest absolute Gasteiger partial charge is 0.294 e. The molecule has 1 N–H and O–H groups in total. The third kappa shape index (κ3) is 6.40. The Morgan fingerprint density at radius 1 is 1.08 bits per heavy atom. The predicted octanol–water partition coefficient (Wildman–Crippen LogP) is 6.69. The van der Waals surface area contributed by atoms with Crippen molar-refractivity contribution in [3.63, 3.8) is 0 Å². The van der Waals surface area contributed by atoms with Gasteiger partial charge in [-0.1, -0.05) is 35.5 Å². The van der Waals surface area contributed by atoms with Crippen LogP contribution >= 0.6 is 35.1 Å². The first-order valence-electron chi connectivity index (χ1n) is 10.9. The highest BCUT2D eigenvalue weighted by atomic mass is 35.5. The van der Waals surface area contributed by atoms with E-state index >= 15 is 0 Å². The van der Waals surface area contributed by atoms with E-state index in [1.54, 1.807) is 42.5 Å². The number of nitrogens with one attached hydrogen (secondary N) is 1. The highest BCUT2D eigenvalue weighted by Crippen LogP contribution is 2.37. The van der Waals surface area contributed by atoms with E-state index in [1.807, 2.05) is 26.0 Å². The largest absolute Gasteiger partial charge is 0.325 e. The molecule has 0 atom stereocenters. The van der Waals surface area contributed by atoms with Crippen LogP contribution in [0.2, 0.25) is 5.02 Å².